The van der Waals surface area contributed by atoms with Gasteiger partial charge in [-0.3, -0.25) is 0 Å². The van der Waals surface area contributed by atoms with E-state index in [9.17, 15) is 5.11 Å². The largest absolute Gasteiger partial charge is 0.391 e. The van der Waals surface area contributed by atoms with Crippen molar-refractivity contribution in [2.24, 2.45) is 5.73 Å². The Kier molecular flexibility index (Phi) is 2.65. The first kappa shape index (κ1) is 7.98. The van der Waals surface area contributed by atoms with Crippen LogP contribution in [-0.2, 0) is 0 Å². The van der Waals surface area contributed by atoms with Crippen LogP contribution in [0.15, 0.2) is 0 Å². The summed E-state index contributed by atoms with van der Waals surface area (Å²) in [4.78, 5) is 2.26. The standard InChI is InChI=1S/C7H16N2O/c1-2-9-4-3-7(10)6(8)5-9/h6-7,10H,2-5,8H2,1H3. The molecule has 0 radical (unpaired) electrons. The summed E-state index contributed by atoms with van der Waals surface area (Å²) in [5, 5.41) is 9.24. The highest BCUT2D eigenvalue weighted by Crippen LogP contribution is 2.07. The van der Waals surface area contributed by atoms with Gasteiger partial charge in [0.05, 0.1) is 6.10 Å². The van der Waals surface area contributed by atoms with Gasteiger partial charge < -0.3 is 15.7 Å². The third kappa shape index (κ3) is 1.68. The molecule has 60 valence electrons. The maximum atomic E-state index is 9.24. The molecule has 1 saturated heterocycles. The van der Waals surface area contributed by atoms with Crippen molar-refractivity contribution in [1.82, 2.24) is 4.90 Å². The average molecular weight is 144 g/mol. The van der Waals surface area contributed by atoms with Gasteiger partial charge in [0.2, 0.25) is 0 Å². The third-order valence-corrected chi connectivity index (χ3v) is 2.15. The zero-order valence-electron chi connectivity index (χ0n) is 6.45. The molecular weight excluding hydrogens is 128 g/mol. The lowest BCUT2D eigenvalue weighted by Crippen LogP contribution is -2.51. The number of aliphatic hydroxyl groups is 1. The molecular formula is C7H16N2O. The summed E-state index contributed by atoms with van der Waals surface area (Å²) in [7, 11) is 0. The van der Waals surface area contributed by atoms with Gasteiger partial charge in [-0.25, -0.2) is 0 Å². The Morgan fingerprint density at radius 3 is 2.90 bits per heavy atom. The lowest BCUT2D eigenvalue weighted by molar-refractivity contribution is 0.0650. The van der Waals surface area contributed by atoms with Gasteiger partial charge in [-0.05, 0) is 13.0 Å². The van der Waals surface area contributed by atoms with Gasteiger partial charge in [-0.1, -0.05) is 6.92 Å². The normalized spacial score (nSPS) is 36.3. The number of nitrogens with zero attached hydrogens (tertiary/aromatic N) is 1. The molecule has 1 aliphatic heterocycles. The fourth-order valence-corrected chi connectivity index (χ4v) is 1.33. The second kappa shape index (κ2) is 3.32. The predicted octanol–water partition coefficient (Wildman–Crippen LogP) is -0.600. The van der Waals surface area contributed by atoms with E-state index in [0.717, 1.165) is 26.1 Å². The molecule has 0 amide bonds. The van der Waals surface area contributed by atoms with Crippen LogP contribution >= 0.6 is 0 Å². The molecule has 3 N–H and O–H groups in total. The van der Waals surface area contributed by atoms with Crippen molar-refractivity contribution >= 4 is 0 Å². The quantitative estimate of drug-likeness (QED) is 0.516. The van der Waals surface area contributed by atoms with E-state index in [4.69, 9.17) is 5.73 Å². The van der Waals surface area contributed by atoms with E-state index < -0.39 is 0 Å². The lowest BCUT2D eigenvalue weighted by atomic mass is 10.0. The molecule has 3 nitrogen and oxygen atoms in total. The van der Waals surface area contributed by atoms with Gasteiger partial charge in [-0.2, -0.15) is 0 Å². The Morgan fingerprint density at radius 1 is 1.70 bits per heavy atom. The van der Waals surface area contributed by atoms with Crippen LogP contribution in [-0.4, -0.2) is 41.8 Å². The van der Waals surface area contributed by atoms with Crippen LogP contribution in [0.1, 0.15) is 13.3 Å². The first-order valence-electron chi connectivity index (χ1n) is 3.90. The summed E-state index contributed by atoms with van der Waals surface area (Å²) in [5.41, 5.74) is 5.65. The molecule has 0 aromatic rings. The summed E-state index contributed by atoms with van der Waals surface area (Å²) >= 11 is 0. The molecule has 0 aromatic heterocycles. The number of piperidine rings is 1. The number of likely N-dealkylation sites (N-methyl/N-ethyl adjacent to an activating group) is 1. The van der Waals surface area contributed by atoms with Crippen molar-refractivity contribution in [1.29, 1.82) is 0 Å². The van der Waals surface area contributed by atoms with Crippen molar-refractivity contribution in [3.63, 3.8) is 0 Å². The molecule has 1 fully saturated rings. The summed E-state index contributed by atoms with van der Waals surface area (Å²) in [6, 6.07) is -0.0336. The summed E-state index contributed by atoms with van der Waals surface area (Å²) in [6.45, 7) is 4.99. The Bertz CT molecular complexity index is 108. The number of hydrogen-bond donors (Lipinski definition) is 2. The first-order valence-corrected chi connectivity index (χ1v) is 3.90. The second-order valence-electron chi connectivity index (χ2n) is 2.91. The van der Waals surface area contributed by atoms with Crippen molar-refractivity contribution in [2.75, 3.05) is 19.6 Å². The van der Waals surface area contributed by atoms with Crippen molar-refractivity contribution in [3.05, 3.63) is 0 Å². The van der Waals surface area contributed by atoms with Crippen molar-refractivity contribution in [2.45, 2.75) is 25.5 Å². The van der Waals surface area contributed by atoms with Crippen LogP contribution < -0.4 is 5.73 Å². The molecule has 0 spiro atoms. The SMILES string of the molecule is CCN1CCC(O)C(N)C1. The highest BCUT2D eigenvalue weighted by molar-refractivity contribution is 4.81. The Morgan fingerprint density at radius 2 is 2.40 bits per heavy atom. The van der Waals surface area contributed by atoms with E-state index in [1.807, 2.05) is 0 Å². The minimum absolute atomic E-state index is 0.0336. The smallest absolute Gasteiger partial charge is 0.0715 e. The minimum atomic E-state index is -0.275. The van der Waals surface area contributed by atoms with Gasteiger partial charge in [0.25, 0.3) is 0 Å². The molecule has 2 unspecified atom stereocenters. The molecule has 1 rings (SSSR count). The second-order valence-corrected chi connectivity index (χ2v) is 2.91. The molecule has 0 aliphatic carbocycles. The maximum absolute atomic E-state index is 9.24. The van der Waals surface area contributed by atoms with E-state index in [0.29, 0.717) is 0 Å². The van der Waals surface area contributed by atoms with Gasteiger partial charge in [0.1, 0.15) is 0 Å². The fraction of sp³-hybridized carbons (Fsp3) is 1.00. The molecule has 10 heavy (non-hydrogen) atoms. The van der Waals surface area contributed by atoms with E-state index in [2.05, 4.69) is 11.8 Å². The van der Waals surface area contributed by atoms with Crippen LogP contribution in [0.25, 0.3) is 0 Å². The number of hydrogen-bond acceptors (Lipinski definition) is 3. The fourth-order valence-electron chi connectivity index (χ4n) is 1.33. The highest BCUT2D eigenvalue weighted by atomic mass is 16.3. The molecule has 2 atom stereocenters. The van der Waals surface area contributed by atoms with Gasteiger partial charge >= 0.3 is 0 Å². The molecule has 0 bridgehead atoms. The minimum Gasteiger partial charge on any atom is -0.391 e. The molecule has 3 heteroatoms. The molecule has 1 aliphatic rings. The predicted molar refractivity (Wildman–Crippen MR) is 40.7 cm³/mol. The lowest BCUT2D eigenvalue weighted by Gasteiger charge is -2.33. The van der Waals surface area contributed by atoms with E-state index in [1.165, 1.54) is 0 Å². The van der Waals surface area contributed by atoms with E-state index >= 15 is 0 Å². The number of likely N-dealkylation sites (tertiary alicyclic amines) is 1. The zero-order chi connectivity index (χ0) is 7.56. The molecule has 1 heterocycles. The maximum Gasteiger partial charge on any atom is 0.0715 e. The van der Waals surface area contributed by atoms with Crippen LogP contribution in [0, 0.1) is 0 Å². The van der Waals surface area contributed by atoms with Gasteiger partial charge in [0, 0.05) is 19.1 Å². The van der Waals surface area contributed by atoms with Crippen LogP contribution in [0.3, 0.4) is 0 Å². The van der Waals surface area contributed by atoms with Gasteiger partial charge in [-0.15, -0.1) is 0 Å². The molecule has 0 aromatic carbocycles. The van der Waals surface area contributed by atoms with Crippen LogP contribution in [0.5, 0.6) is 0 Å². The van der Waals surface area contributed by atoms with Crippen LogP contribution in [0.4, 0.5) is 0 Å². The van der Waals surface area contributed by atoms with Crippen LogP contribution in [0.2, 0.25) is 0 Å². The van der Waals surface area contributed by atoms with E-state index in [-0.39, 0.29) is 12.1 Å². The third-order valence-electron chi connectivity index (χ3n) is 2.15. The molecule has 0 saturated carbocycles. The van der Waals surface area contributed by atoms with Gasteiger partial charge in [0.15, 0.2) is 0 Å². The summed E-state index contributed by atoms with van der Waals surface area (Å²) < 4.78 is 0. The first-order chi connectivity index (χ1) is 4.74. The Labute approximate surface area is 61.8 Å². The van der Waals surface area contributed by atoms with Crippen molar-refractivity contribution in [3.8, 4) is 0 Å². The number of nitrogens with two attached hydrogens (primary N) is 1. The highest BCUT2D eigenvalue weighted by Gasteiger charge is 2.22. The van der Waals surface area contributed by atoms with Crippen molar-refractivity contribution < 1.29 is 5.11 Å². The monoisotopic (exact) mass is 144 g/mol. The average Bonchev–Trinajstić information content (AvgIpc) is 1.95. The Balaban J connectivity index is 2.33. The number of aliphatic hydroxyl groups excluding tert-OH is 1. The van der Waals surface area contributed by atoms with E-state index in [1.54, 1.807) is 0 Å². The topological polar surface area (TPSA) is 49.5 Å². The Hall–Kier alpha value is -0.120. The number of rotatable bonds is 1. The summed E-state index contributed by atoms with van der Waals surface area (Å²) in [5.74, 6) is 0. The summed E-state index contributed by atoms with van der Waals surface area (Å²) in [6.07, 6.45) is 0.553. The zero-order valence-corrected chi connectivity index (χ0v) is 6.45.